The summed E-state index contributed by atoms with van der Waals surface area (Å²) in [4.78, 5) is 25.6. The predicted octanol–water partition coefficient (Wildman–Crippen LogP) is 3.80. The molecule has 0 spiro atoms. The van der Waals surface area contributed by atoms with E-state index in [1.165, 1.54) is 11.0 Å². The normalized spacial score (nSPS) is 15.8. The number of likely N-dealkylation sites (tertiary alicyclic amines) is 1. The summed E-state index contributed by atoms with van der Waals surface area (Å²) >= 11 is 5.96. The van der Waals surface area contributed by atoms with Gasteiger partial charge in [0.1, 0.15) is 22.9 Å². The fourth-order valence-corrected chi connectivity index (χ4v) is 3.76. The van der Waals surface area contributed by atoms with Crippen LogP contribution in [0.4, 0.5) is 8.78 Å². The maximum Gasteiger partial charge on any atom is 0.259 e. The molecule has 0 aliphatic carbocycles. The predicted molar refractivity (Wildman–Crippen MR) is 105 cm³/mol. The molecule has 0 atom stereocenters. The lowest BCUT2D eigenvalue weighted by Gasteiger charge is -2.41. The minimum atomic E-state index is -0.895. The summed E-state index contributed by atoms with van der Waals surface area (Å²) in [6, 6.07) is 10.2. The summed E-state index contributed by atoms with van der Waals surface area (Å²) in [5, 5.41) is 0.527. The van der Waals surface area contributed by atoms with Crippen LogP contribution >= 0.6 is 11.6 Å². The van der Waals surface area contributed by atoms with E-state index in [4.69, 9.17) is 22.1 Å². The van der Waals surface area contributed by atoms with Gasteiger partial charge in [-0.05, 0) is 43.2 Å². The van der Waals surface area contributed by atoms with Gasteiger partial charge in [0.2, 0.25) is 5.91 Å². The molecule has 2 aromatic carbocycles. The van der Waals surface area contributed by atoms with Crippen LogP contribution in [0.5, 0.6) is 5.75 Å². The van der Waals surface area contributed by atoms with Crippen LogP contribution in [-0.2, 0) is 4.79 Å². The van der Waals surface area contributed by atoms with E-state index in [2.05, 4.69) is 0 Å². The van der Waals surface area contributed by atoms with Crippen molar-refractivity contribution in [2.75, 3.05) is 19.7 Å². The summed E-state index contributed by atoms with van der Waals surface area (Å²) in [7, 11) is 0. The van der Waals surface area contributed by atoms with Gasteiger partial charge in [0.25, 0.3) is 5.91 Å². The molecule has 2 amide bonds. The van der Waals surface area contributed by atoms with Gasteiger partial charge in [-0.2, -0.15) is 0 Å². The number of halogens is 3. The number of rotatable bonds is 6. The van der Waals surface area contributed by atoms with Gasteiger partial charge in [0.05, 0.1) is 6.61 Å². The standard InChI is InChI=1S/C21H21ClF2N2O3/c22-14-3-1-4-15(11-14)29-13-21(12-18(25)27)7-9-26(10-8-21)20(28)19-16(23)5-2-6-17(19)24/h1-6,11H,7-10,12-13H2,(H2,25,27). The zero-order valence-corrected chi connectivity index (χ0v) is 16.4. The van der Waals surface area contributed by atoms with Crippen molar-refractivity contribution in [3.63, 3.8) is 0 Å². The van der Waals surface area contributed by atoms with E-state index in [1.54, 1.807) is 24.3 Å². The molecule has 154 valence electrons. The Labute approximate surface area is 172 Å². The molecule has 5 nitrogen and oxygen atoms in total. The zero-order chi connectivity index (χ0) is 21.0. The van der Waals surface area contributed by atoms with E-state index in [0.29, 0.717) is 23.6 Å². The minimum absolute atomic E-state index is 0.0870. The lowest BCUT2D eigenvalue weighted by molar-refractivity contribution is -0.121. The van der Waals surface area contributed by atoms with Gasteiger partial charge in [0.15, 0.2) is 0 Å². The zero-order valence-electron chi connectivity index (χ0n) is 15.7. The number of carbonyl (C=O) groups is 2. The van der Waals surface area contributed by atoms with Gasteiger partial charge in [0, 0.05) is 29.9 Å². The Morgan fingerprint density at radius 3 is 2.31 bits per heavy atom. The molecular formula is C21H21ClF2N2O3. The fourth-order valence-electron chi connectivity index (χ4n) is 3.58. The molecule has 1 saturated heterocycles. The highest BCUT2D eigenvalue weighted by Crippen LogP contribution is 2.36. The van der Waals surface area contributed by atoms with Crippen molar-refractivity contribution >= 4 is 23.4 Å². The second-order valence-electron chi connectivity index (χ2n) is 7.28. The maximum absolute atomic E-state index is 13.9. The average molecular weight is 423 g/mol. The summed E-state index contributed by atoms with van der Waals surface area (Å²) in [6.45, 7) is 0.684. The SMILES string of the molecule is NC(=O)CC1(COc2cccc(Cl)c2)CCN(C(=O)c2c(F)cccc2F)CC1. The number of ether oxygens (including phenoxy) is 1. The summed E-state index contributed by atoms with van der Waals surface area (Å²) in [5.41, 5.74) is 4.30. The van der Waals surface area contributed by atoms with Crippen LogP contribution in [0.25, 0.3) is 0 Å². The van der Waals surface area contributed by atoms with Crippen molar-refractivity contribution in [2.24, 2.45) is 11.1 Å². The first-order valence-electron chi connectivity index (χ1n) is 9.20. The average Bonchev–Trinajstić information content (AvgIpc) is 2.66. The van der Waals surface area contributed by atoms with E-state index in [9.17, 15) is 18.4 Å². The molecule has 0 unspecified atom stereocenters. The summed E-state index contributed by atoms with van der Waals surface area (Å²) in [6.07, 6.45) is 0.917. The quantitative estimate of drug-likeness (QED) is 0.769. The summed E-state index contributed by atoms with van der Waals surface area (Å²) < 4.78 is 33.7. The number of piperidine rings is 1. The minimum Gasteiger partial charge on any atom is -0.493 e. The Hall–Kier alpha value is -2.67. The first-order valence-corrected chi connectivity index (χ1v) is 9.57. The fraction of sp³-hybridized carbons (Fsp3) is 0.333. The Balaban J connectivity index is 1.70. The van der Waals surface area contributed by atoms with Crippen molar-refractivity contribution in [1.29, 1.82) is 0 Å². The van der Waals surface area contributed by atoms with E-state index in [0.717, 1.165) is 12.1 Å². The third kappa shape index (κ3) is 5.03. The highest BCUT2D eigenvalue weighted by molar-refractivity contribution is 6.30. The second-order valence-corrected chi connectivity index (χ2v) is 7.71. The molecule has 0 bridgehead atoms. The highest BCUT2D eigenvalue weighted by atomic mass is 35.5. The van der Waals surface area contributed by atoms with Crippen LogP contribution in [0, 0.1) is 17.0 Å². The van der Waals surface area contributed by atoms with Crippen molar-refractivity contribution in [3.8, 4) is 5.75 Å². The number of nitrogens with two attached hydrogens (primary N) is 1. The molecule has 2 aromatic rings. The van der Waals surface area contributed by atoms with Crippen molar-refractivity contribution in [1.82, 2.24) is 4.90 Å². The molecule has 0 aromatic heterocycles. The van der Waals surface area contributed by atoms with Gasteiger partial charge in [-0.1, -0.05) is 23.7 Å². The van der Waals surface area contributed by atoms with Crippen LogP contribution in [0.15, 0.2) is 42.5 Å². The molecule has 0 saturated carbocycles. The maximum atomic E-state index is 13.9. The van der Waals surface area contributed by atoms with Gasteiger partial charge in [-0.25, -0.2) is 8.78 Å². The van der Waals surface area contributed by atoms with Crippen LogP contribution in [0.1, 0.15) is 29.6 Å². The number of carbonyl (C=O) groups excluding carboxylic acids is 2. The molecule has 0 radical (unpaired) electrons. The largest absolute Gasteiger partial charge is 0.493 e. The highest BCUT2D eigenvalue weighted by Gasteiger charge is 2.39. The smallest absolute Gasteiger partial charge is 0.259 e. The van der Waals surface area contributed by atoms with Gasteiger partial charge >= 0.3 is 0 Å². The molecule has 1 aliphatic heterocycles. The topological polar surface area (TPSA) is 72.6 Å². The van der Waals surface area contributed by atoms with Crippen molar-refractivity contribution in [3.05, 3.63) is 64.7 Å². The molecule has 1 heterocycles. The number of amides is 2. The number of primary amides is 1. The van der Waals surface area contributed by atoms with Crippen LogP contribution in [0.2, 0.25) is 5.02 Å². The molecule has 1 aliphatic rings. The third-order valence-corrected chi connectivity index (χ3v) is 5.41. The lowest BCUT2D eigenvalue weighted by Crippen LogP contribution is -2.47. The van der Waals surface area contributed by atoms with Crippen molar-refractivity contribution < 1.29 is 23.1 Å². The molecule has 29 heavy (non-hydrogen) atoms. The van der Waals surface area contributed by atoms with Gasteiger partial charge < -0.3 is 15.4 Å². The van der Waals surface area contributed by atoms with E-state index < -0.39 is 34.4 Å². The second kappa shape index (κ2) is 8.78. The third-order valence-electron chi connectivity index (χ3n) is 5.18. The van der Waals surface area contributed by atoms with Gasteiger partial charge in [-0.3, -0.25) is 9.59 Å². The van der Waals surface area contributed by atoms with Crippen LogP contribution in [-0.4, -0.2) is 36.4 Å². The number of hydrogen-bond donors (Lipinski definition) is 1. The molecule has 3 rings (SSSR count). The Bertz CT molecular complexity index is 894. The Morgan fingerprint density at radius 1 is 1.10 bits per heavy atom. The van der Waals surface area contributed by atoms with Crippen molar-refractivity contribution in [2.45, 2.75) is 19.3 Å². The number of hydrogen-bond acceptors (Lipinski definition) is 3. The number of nitrogens with zero attached hydrogens (tertiary/aromatic N) is 1. The Morgan fingerprint density at radius 2 is 1.72 bits per heavy atom. The van der Waals surface area contributed by atoms with Crippen LogP contribution < -0.4 is 10.5 Å². The van der Waals surface area contributed by atoms with E-state index in [1.807, 2.05) is 0 Å². The van der Waals surface area contributed by atoms with E-state index >= 15 is 0 Å². The van der Waals surface area contributed by atoms with E-state index in [-0.39, 0.29) is 26.1 Å². The van der Waals surface area contributed by atoms with Crippen LogP contribution in [0.3, 0.4) is 0 Å². The molecular weight excluding hydrogens is 402 g/mol. The first-order chi connectivity index (χ1) is 13.8. The summed E-state index contributed by atoms with van der Waals surface area (Å²) in [5.74, 6) is -2.40. The van der Waals surface area contributed by atoms with Gasteiger partial charge in [-0.15, -0.1) is 0 Å². The Kier molecular flexibility index (Phi) is 6.37. The molecule has 1 fully saturated rings. The molecule has 2 N–H and O–H groups in total. The first kappa shape index (κ1) is 21.0. The lowest BCUT2D eigenvalue weighted by atomic mass is 9.76. The monoisotopic (exact) mass is 422 g/mol. The molecule has 8 heteroatoms. The number of benzene rings is 2.